The SMILES string of the molecule is CC(=O)Oc1cc2c(cc1OC(C)=O)OC(C)(C)CC2. The minimum absolute atomic E-state index is 0.198. The summed E-state index contributed by atoms with van der Waals surface area (Å²) in [6.45, 7) is 6.60. The van der Waals surface area contributed by atoms with Gasteiger partial charge >= 0.3 is 11.9 Å². The highest BCUT2D eigenvalue weighted by molar-refractivity contribution is 5.74. The van der Waals surface area contributed by atoms with E-state index >= 15 is 0 Å². The average Bonchev–Trinajstić information content (AvgIpc) is 2.28. The Morgan fingerprint density at radius 2 is 1.65 bits per heavy atom. The van der Waals surface area contributed by atoms with Crippen LogP contribution in [0.3, 0.4) is 0 Å². The number of hydrogen-bond donors (Lipinski definition) is 0. The molecular weight excluding hydrogens is 260 g/mol. The molecule has 20 heavy (non-hydrogen) atoms. The molecule has 0 bridgehead atoms. The first-order valence-electron chi connectivity index (χ1n) is 6.49. The van der Waals surface area contributed by atoms with Crippen LogP contribution in [0.15, 0.2) is 12.1 Å². The number of carbonyl (C=O) groups excluding carboxylic acids is 2. The van der Waals surface area contributed by atoms with Crippen molar-refractivity contribution in [3.63, 3.8) is 0 Å². The molecule has 0 unspecified atom stereocenters. The van der Waals surface area contributed by atoms with Crippen LogP contribution in [0, 0.1) is 0 Å². The zero-order valence-electron chi connectivity index (χ0n) is 12.1. The molecule has 1 heterocycles. The number of fused-ring (bicyclic) bond motifs is 1. The lowest BCUT2D eigenvalue weighted by Gasteiger charge is -2.33. The van der Waals surface area contributed by atoms with Gasteiger partial charge in [0.1, 0.15) is 11.4 Å². The number of aryl methyl sites for hydroxylation is 1. The minimum Gasteiger partial charge on any atom is -0.487 e. The van der Waals surface area contributed by atoms with Crippen molar-refractivity contribution in [3.05, 3.63) is 17.7 Å². The predicted octanol–water partition coefficient (Wildman–Crippen LogP) is 2.64. The molecule has 0 fully saturated rings. The summed E-state index contributed by atoms with van der Waals surface area (Å²) in [6.07, 6.45) is 1.68. The third-order valence-corrected chi connectivity index (χ3v) is 3.02. The summed E-state index contributed by atoms with van der Waals surface area (Å²) in [7, 11) is 0. The average molecular weight is 278 g/mol. The highest BCUT2D eigenvalue weighted by atomic mass is 16.6. The van der Waals surface area contributed by atoms with Crippen molar-refractivity contribution in [3.8, 4) is 17.2 Å². The van der Waals surface area contributed by atoms with Gasteiger partial charge in [0.25, 0.3) is 0 Å². The Hall–Kier alpha value is -2.04. The first kappa shape index (κ1) is 14.4. The molecule has 5 heteroatoms. The molecule has 0 aliphatic carbocycles. The van der Waals surface area contributed by atoms with E-state index in [4.69, 9.17) is 14.2 Å². The predicted molar refractivity (Wildman–Crippen MR) is 72.1 cm³/mol. The van der Waals surface area contributed by atoms with Crippen LogP contribution in [0.2, 0.25) is 0 Å². The highest BCUT2D eigenvalue weighted by Gasteiger charge is 2.28. The number of carbonyl (C=O) groups is 2. The summed E-state index contributed by atoms with van der Waals surface area (Å²) in [5.74, 6) is 0.163. The molecule has 1 aromatic rings. The van der Waals surface area contributed by atoms with Crippen molar-refractivity contribution >= 4 is 11.9 Å². The molecule has 1 aromatic carbocycles. The summed E-state index contributed by atoms with van der Waals surface area (Å²) in [4.78, 5) is 22.3. The monoisotopic (exact) mass is 278 g/mol. The van der Waals surface area contributed by atoms with Gasteiger partial charge in [-0.05, 0) is 38.3 Å². The topological polar surface area (TPSA) is 61.8 Å². The van der Waals surface area contributed by atoms with Crippen LogP contribution in [-0.2, 0) is 16.0 Å². The van der Waals surface area contributed by atoms with Crippen molar-refractivity contribution in [2.45, 2.75) is 46.1 Å². The van der Waals surface area contributed by atoms with Crippen LogP contribution in [-0.4, -0.2) is 17.5 Å². The third kappa shape index (κ3) is 3.29. The van der Waals surface area contributed by atoms with Gasteiger partial charge in [-0.2, -0.15) is 0 Å². The molecule has 1 aliphatic heterocycles. The normalized spacial score (nSPS) is 15.8. The van der Waals surface area contributed by atoms with Crippen LogP contribution < -0.4 is 14.2 Å². The summed E-state index contributed by atoms with van der Waals surface area (Å²) in [6, 6.07) is 3.31. The second kappa shape index (κ2) is 5.15. The van der Waals surface area contributed by atoms with Crippen molar-refractivity contribution < 1.29 is 23.8 Å². The maximum atomic E-state index is 11.1. The first-order valence-corrected chi connectivity index (χ1v) is 6.49. The number of hydrogen-bond acceptors (Lipinski definition) is 5. The molecule has 2 rings (SSSR count). The summed E-state index contributed by atoms with van der Waals surface area (Å²) in [5, 5.41) is 0. The van der Waals surface area contributed by atoms with Crippen molar-refractivity contribution in [2.24, 2.45) is 0 Å². The van der Waals surface area contributed by atoms with Crippen LogP contribution in [0.1, 0.15) is 39.7 Å². The van der Waals surface area contributed by atoms with Gasteiger partial charge in [0.15, 0.2) is 11.5 Å². The fourth-order valence-electron chi connectivity index (χ4n) is 2.13. The summed E-state index contributed by atoms with van der Waals surface area (Å²) < 4.78 is 16.0. The van der Waals surface area contributed by atoms with E-state index < -0.39 is 11.9 Å². The van der Waals surface area contributed by atoms with Gasteiger partial charge in [-0.25, -0.2) is 0 Å². The summed E-state index contributed by atoms with van der Waals surface area (Å²) in [5.41, 5.74) is 0.681. The molecule has 0 aromatic heterocycles. The van der Waals surface area contributed by atoms with E-state index in [9.17, 15) is 9.59 Å². The van der Waals surface area contributed by atoms with Crippen LogP contribution >= 0.6 is 0 Å². The molecule has 0 amide bonds. The zero-order chi connectivity index (χ0) is 14.9. The van der Waals surface area contributed by atoms with E-state index in [1.165, 1.54) is 13.8 Å². The lowest BCUT2D eigenvalue weighted by atomic mass is 9.94. The van der Waals surface area contributed by atoms with Gasteiger partial charge in [-0.15, -0.1) is 0 Å². The van der Waals surface area contributed by atoms with Gasteiger partial charge in [0, 0.05) is 19.9 Å². The summed E-state index contributed by atoms with van der Waals surface area (Å²) >= 11 is 0. The lowest BCUT2D eigenvalue weighted by Crippen LogP contribution is -2.32. The smallest absolute Gasteiger partial charge is 0.308 e. The molecule has 0 spiro atoms. The molecule has 0 N–H and O–H groups in total. The van der Waals surface area contributed by atoms with Crippen LogP contribution in [0.4, 0.5) is 0 Å². The molecule has 108 valence electrons. The maximum absolute atomic E-state index is 11.1. The minimum atomic E-state index is -0.478. The number of benzene rings is 1. The van der Waals surface area contributed by atoms with Gasteiger partial charge < -0.3 is 14.2 Å². The third-order valence-electron chi connectivity index (χ3n) is 3.02. The molecule has 0 atom stereocenters. The fraction of sp³-hybridized carbons (Fsp3) is 0.467. The van der Waals surface area contributed by atoms with E-state index in [0.29, 0.717) is 5.75 Å². The molecular formula is C15H18O5. The van der Waals surface area contributed by atoms with Crippen molar-refractivity contribution in [1.29, 1.82) is 0 Å². The van der Waals surface area contributed by atoms with E-state index in [2.05, 4.69) is 0 Å². The Morgan fingerprint density at radius 1 is 1.10 bits per heavy atom. The second-order valence-electron chi connectivity index (χ2n) is 5.46. The number of esters is 2. The van der Waals surface area contributed by atoms with Crippen LogP contribution in [0.25, 0.3) is 0 Å². The van der Waals surface area contributed by atoms with Gasteiger partial charge in [0.05, 0.1) is 0 Å². The molecule has 0 saturated heterocycles. The lowest BCUT2D eigenvalue weighted by molar-refractivity contribution is -0.134. The fourth-order valence-corrected chi connectivity index (χ4v) is 2.13. The number of ether oxygens (including phenoxy) is 3. The molecule has 5 nitrogen and oxygen atoms in total. The first-order chi connectivity index (χ1) is 9.27. The van der Waals surface area contributed by atoms with E-state index in [0.717, 1.165) is 18.4 Å². The molecule has 0 saturated carbocycles. The Balaban J connectivity index is 2.42. The van der Waals surface area contributed by atoms with Gasteiger partial charge in [0.2, 0.25) is 0 Å². The molecule has 1 aliphatic rings. The van der Waals surface area contributed by atoms with Gasteiger partial charge in [-0.1, -0.05) is 0 Å². The quantitative estimate of drug-likeness (QED) is 0.614. The largest absolute Gasteiger partial charge is 0.487 e. The van der Waals surface area contributed by atoms with Crippen LogP contribution in [0.5, 0.6) is 17.2 Å². The maximum Gasteiger partial charge on any atom is 0.308 e. The highest BCUT2D eigenvalue weighted by Crippen LogP contribution is 2.40. The van der Waals surface area contributed by atoms with Crippen molar-refractivity contribution in [2.75, 3.05) is 0 Å². The van der Waals surface area contributed by atoms with E-state index in [1.54, 1.807) is 12.1 Å². The van der Waals surface area contributed by atoms with Gasteiger partial charge in [-0.3, -0.25) is 9.59 Å². The Morgan fingerprint density at radius 3 is 2.20 bits per heavy atom. The standard InChI is InChI=1S/C15H18O5/c1-9(16)18-13-7-11-5-6-15(3,4)20-12(11)8-14(13)19-10(2)17/h7-8H,5-6H2,1-4H3. The Labute approximate surface area is 117 Å². The Bertz CT molecular complexity index is 560. The Kier molecular flexibility index (Phi) is 3.70. The van der Waals surface area contributed by atoms with Crippen molar-refractivity contribution in [1.82, 2.24) is 0 Å². The molecule has 0 radical (unpaired) electrons. The van der Waals surface area contributed by atoms with E-state index in [-0.39, 0.29) is 17.1 Å². The second-order valence-corrected chi connectivity index (χ2v) is 5.46. The number of rotatable bonds is 2. The van der Waals surface area contributed by atoms with E-state index in [1.807, 2.05) is 13.8 Å². The zero-order valence-corrected chi connectivity index (χ0v) is 12.1.